The monoisotopic (exact) mass is 347 g/mol. The average molecular weight is 348 g/mol. The van der Waals surface area contributed by atoms with Crippen LogP contribution in [0.2, 0.25) is 5.02 Å². The number of halogens is 1. The average Bonchev–Trinajstić information content (AvgIpc) is 2.84. The summed E-state index contributed by atoms with van der Waals surface area (Å²) in [6, 6.07) is 6.86. The van der Waals surface area contributed by atoms with Gasteiger partial charge >= 0.3 is 0 Å². The van der Waals surface area contributed by atoms with Gasteiger partial charge in [-0.1, -0.05) is 11.6 Å². The zero-order valence-electron chi connectivity index (χ0n) is 12.8. The summed E-state index contributed by atoms with van der Waals surface area (Å²) in [5.74, 6) is 0.362. The Morgan fingerprint density at radius 3 is 2.57 bits per heavy atom. The van der Waals surface area contributed by atoms with E-state index in [1.165, 1.54) is 15.9 Å². The van der Waals surface area contributed by atoms with Crippen LogP contribution in [0.1, 0.15) is 21.1 Å². The van der Waals surface area contributed by atoms with Crippen LogP contribution >= 0.6 is 22.9 Å². The van der Waals surface area contributed by atoms with Gasteiger partial charge in [0.15, 0.2) is 0 Å². The summed E-state index contributed by atoms with van der Waals surface area (Å²) in [4.78, 5) is 30.4. The van der Waals surface area contributed by atoms with Gasteiger partial charge in [-0.15, -0.1) is 11.3 Å². The number of rotatable bonds is 2. The van der Waals surface area contributed by atoms with E-state index in [4.69, 9.17) is 11.6 Å². The van der Waals surface area contributed by atoms with Crippen LogP contribution < -0.4 is 10.9 Å². The van der Waals surface area contributed by atoms with Crippen molar-refractivity contribution in [1.29, 1.82) is 0 Å². The number of nitrogens with one attached hydrogen (secondary N) is 1. The standard InChI is InChI=1S/C16H14ClN3O2S/c1-8-12-15(18-9(2)20(3)16(12)22)23-13(8)14(21)19-11-6-4-10(17)5-7-11/h4-7H,1-3H3,(H,19,21). The number of carbonyl (C=O) groups is 1. The molecule has 0 bridgehead atoms. The SMILES string of the molecule is Cc1c(C(=O)Nc2ccc(Cl)cc2)sc2nc(C)n(C)c(=O)c12. The van der Waals surface area contributed by atoms with E-state index >= 15 is 0 Å². The molecule has 2 heterocycles. The van der Waals surface area contributed by atoms with Crippen LogP contribution in [0.3, 0.4) is 0 Å². The van der Waals surface area contributed by atoms with Gasteiger partial charge in [-0.2, -0.15) is 0 Å². The van der Waals surface area contributed by atoms with Gasteiger partial charge in [-0.05, 0) is 43.7 Å². The van der Waals surface area contributed by atoms with Gasteiger partial charge in [0.1, 0.15) is 10.7 Å². The molecule has 0 saturated carbocycles. The van der Waals surface area contributed by atoms with E-state index in [1.54, 1.807) is 45.2 Å². The Morgan fingerprint density at radius 1 is 1.26 bits per heavy atom. The number of hydrogen-bond acceptors (Lipinski definition) is 4. The molecule has 1 amide bonds. The molecule has 0 spiro atoms. The molecule has 0 radical (unpaired) electrons. The highest BCUT2D eigenvalue weighted by Gasteiger charge is 2.20. The van der Waals surface area contributed by atoms with Crippen molar-refractivity contribution >= 4 is 44.7 Å². The lowest BCUT2D eigenvalue weighted by Crippen LogP contribution is -2.20. The summed E-state index contributed by atoms with van der Waals surface area (Å²) in [5.41, 5.74) is 1.17. The van der Waals surface area contributed by atoms with E-state index in [1.807, 2.05) is 0 Å². The molecule has 0 aliphatic heterocycles. The Morgan fingerprint density at radius 2 is 1.91 bits per heavy atom. The minimum Gasteiger partial charge on any atom is -0.321 e. The number of hydrogen-bond donors (Lipinski definition) is 1. The molecule has 118 valence electrons. The lowest BCUT2D eigenvalue weighted by Gasteiger charge is -2.04. The summed E-state index contributed by atoms with van der Waals surface area (Å²) < 4.78 is 1.49. The normalized spacial score (nSPS) is 11.0. The van der Waals surface area contributed by atoms with Crippen LogP contribution in [0.15, 0.2) is 29.1 Å². The van der Waals surface area contributed by atoms with Crippen LogP contribution in [-0.4, -0.2) is 15.5 Å². The first-order valence-corrected chi connectivity index (χ1v) is 8.11. The summed E-state index contributed by atoms with van der Waals surface area (Å²) in [7, 11) is 1.68. The second kappa shape index (κ2) is 5.79. The molecule has 2 aromatic heterocycles. The van der Waals surface area contributed by atoms with Crippen molar-refractivity contribution in [2.75, 3.05) is 5.32 Å². The molecule has 3 rings (SSSR count). The Kier molecular flexibility index (Phi) is 3.95. The van der Waals surface area contributed by atoms with Gasteiger partial charge in [0, 0.05) is 17.8 Å². The molecule has 3 aromatic rings. The van der Waals surface area contributed by atoms with E-state index < -0.39 is 0 Å². The third kappa shape index (κ3) is 2.75. The highest BCUT2D eigenvalue weighted by Crippen LogP contribution is 2.28. The number of amides is 1. The number of anilines is 1. The van der Waals surface area contributed by atoms with Crippen molar-refractivity contribution < 1.29 is 4.79 Å². The minimum absolute atomic E-state index is 0.133. The fraction of sp³-hybridized carbons (Fsp3) is 0.188. The predicted octanol–water partition coefficient (Wildman–Crippen LogP) is 3.52. The smallest absolute Gasteiger partial charge is 0.266 e. The van der Waals surface area contributed by atoms with Gasteiger partial charge in [-0.25, -0.2) is 4.98 Å². The van der Waals surface area contributed by atoms with Crippen LogP contribution in [0, 0.1) is 13.8 Å². The predicted molar refractivity (Wildman–Crippen MR) is 93.7 cm³/mol. The lowest BCUT2D eigenvalue weighted by molar-refractivity contribution is 0.103. The van der Waals surface area contributed by atoms with Crippen LogP contribution in [0.4, 0.5) is 5.69 Å². The van der Waals surface area contributed by atoms with Crippen LogP contribution in [0.25, 0.3) is 10.2 Å². The maximum absolute atomic E-state index is 12.5. The highest BCUT2D eigenvalue weighted by molar-refractivity contribution is 7.20. The fourth-order valence-corrected chi connectivity index (χ4v) is 3.54. The quantitative estimate of drug-likeness (QED) is 0.771. The molecule has 0 saturated heterocycles. The molecular formula is C16H14ClN3O2S. The van der Waals surface area contributed by atoms with Crippen molar-refractivity contribution in [2.24, 2.45) is 7.05 Å². The molecule has 7 heteroatoms. The minimum atomic E-state index is -0.257. The number of benzene rings is 1. The molecule has 5 nitrogen and oxygen atoms in total. The number of nitrogens with zero attached hydrogens (tertiary/aromatic N) is 2. The number of aryl methyl sites for hydroxylation is 2. The lowest BCUT2D eigenvalue weighted by atomic mass is 10.2. The van der Waals surface area contributed by atoms with E-state index in [0.717, 1.165) is 0 Å². The van der Waals surface area contributed by atoms with E-state index in [9.17, 15) is 9.59 Å². The van der Waals surface area contributed by atoms with Crippen LogP contribution in [-0.2, 0) is 7.05 Å². The van der Waals surface area contributed by atoms with Crippen LogP contribution in [0.5, 0.6) is 0 Å². The summed E-state index contributed by atoms with van der Waals surface area (Å²) in [6.07, 6.45) is 0. The van der Waals surface area contributed by atoms with Crippen molar-refractivity contribution in [2.45, 2.75) is 13.8 Å². The summed E-state index contributed by atoms with van der Waals surface area (Å²) in [6.45, 7) is 3.54. The first kappa shape index (κ1) is 15.7. The van der Waals surface area contributed by atoms with Gasteiger partial charge in [0.05, 0.1) is 10.3 Å². The zero-order valence-corrected chi connectivity index (χ0v) is 14.4. The largest absolute Gasteiger partial charge is 0.321 e. The maximum atomic E-state index is 12.5. The Labute approximate surface area is 141 Å². The first-order valence-electron chi connectivity index (χ1n) is 6.92. The number of thiophene rings is 1. The molecule has 0 fully saturated rings. The summed E-state index contributed by atoms with van der Waals surface area (Å²) in [5, 5.41) is 3.92. The summed E-state index contributed by atoms with van der Waals surface area (Å²) >= 11 is 7.06. The third-order valence-corrected chi connectivity index (χ3v) is 5.14. The topological polar surface area (TPSA) is 64.0 Å². The van der Waals surface area contributed by atoms with Gasteiger partial charge in [0.25, 0.3) is 11.5 Å². The number of fused-ring (bicyclic) bond motifs is 1. The van der Waals surface area contributed by atoms with Crippen molar-refractivity contribution in [3.63, 3.8) is 0 Å². The van der Waals surface area contributed by atoms with Crippen molar-refractivity contribution in [1.82, 2.24) is 9.55 Å². The highest BCUT2D eigenvalue weighted by atomic mass is 35.5. The molecule has 0 aliphatic rings. The molecule has 0 aliphatic carbocycles. The third-order valence-electron chi connectivity index (χ3n) is 3.70. The van der Waals surface area contributed by atoms with E-state index in [-0.39, 0.29) is 11.5 Å². The number of carbonyl (C=O) groups excluding carboxylic acids is 1. The Balaban J connectivity index is 2.04. The second-order valence-corrected chi connectivity index (χ2v) is 6.66. The Hall–Kier alpha value is -2.18. The molecule has 0 unspecified atom stereocenters. The number of aromatic nitrogens is 2. The molecular weight excluding hydrogens is 334 g/mol. The molecule has 23 heavy (non-hydrogen) atoms. The van der Waals surface area contributed by atoms with Gasteiger partial charge in [-0.3, -0.25) is 14.2 Å². The molecule has 0 atom stereocenters. The second-order valence-electron chi connectivity index (χ2n) is 5.22. The van der Waals surface area contributed by atoms with Crippen molar-refractivity contribution in [3.8, 4) is 0 Å². The van der Waals surface area contributed by atoms with E-state index in [0.29, 0.717) is 37.2 Å². The molecule has 1 aromatic carbocycles. The Bertz CT molecular complexity index is 974. The molecule has 1 N–H and O–H groups in total. The first-order chi connectivity index (χ1) is 10.9. The zero-order chi connectivity index (χ0) is 16.7. The van der Waals surface area contributed by atoms with Gasteiger partial charge < -0.3 is 5.32 Å². The van der Waals surface area contributed by atoms with Gasteiger partial charge in [0.2, 0.25) is 0 Å². The maximum Gasteiger partial charge on any atom is 0.266 e. The van der Waals surface area contributed by atoms with E-state index in [2.05, 4.69) is 10.3 Å². The fourth-order valence-electron chi connectivity index (χ4n) is 2.30. The van der Waals surface area contributed by atoms with Crippen molar-refractivity contribution in [3.05, 3.63) is 55.9 Å².